The molecule has 5 aliphatic rings. The molecule has 1 amide bonds. The molecule has 3 nitrogen and oxygen atoms in total. The van der Waals surface area contributed by atoms with Gasteiger partial charge < -0.3 is 11.1 Å². The van der Waals surface area contributed by atoms with Crippen LogP contribution in [0.4, 0.5) is 0 Å². The second-order valence-corrected chi connectivity index (χ2v) is 10.8. The van der Waals surface area contributed by atoms with Gasteiger partial charge >= 0.3 is 0 Å². The van der Waals surface area contributed by atoms with E-state index in [1.54, 1.807) is 0 Å². The maximum absolute atomic E-state index is 12.7. The first kappa shape index (κ1) is 16.9. The van der Waals surface area contributed by atoms with Crippen LogP contribution in [0, 0.1) is 40.4 Å². The first-order valence-electron chi connectivity index (χ1n) is 10.3. The number of rotatable bonds is 4. The number of carbonyl (C=O) groups is 1. The van der Waals surface area contributed by atoms with E-state index in [1.165, 1.54) is 44.9 Å². The van der Waals surface area contributed by atoms with Gasteiger partial charge in [0.05, 0.1) is 0 Å². The van der Waals surface area contributed by atoms with Crippen LogP contribution in [-0.4, -0.2) is 18.5 Å². The molecule has 0 aliphatic heterocycles. The third kappa shape index (κ3) is 2.91. The predicted molar refractivity (Wildman–Crippen MR) is 97.3 cm³/mol. The second kappa shape index (κ2) is 5.72. The van der Waals surface area contributed by atoms with Crippen LogP contribution in [-0.2, 0) is 4.79 Å². The molecule has 0 spiro atoms. The Balaban J connectivity index is 1.34. The highest BCUT2D eigenvalue weighted by Gasteiger charge is 2.51. The largest absolute Gasteiger partial charge is 0.356 e. The molecule has 0 aromatic carbocycles. The number of nitrogens with one attached hydrogen (secondary N) is 1. The summed E-state index contributed by atoms with van der Waals surface area (Å²) in [6.45, 7) is 7.64. The minimum Gasteiger partial charge on any atom is -0.356 e. The predicted octanol–water partition coefficient (Wildman–Crippen LogP) is 3.72. The summed E-state index contributed by atoms with van der Waals surface area (Å²) in [4.78, 5) is 12.7. The van der Waals surface area contributed by atoms with Gasteiger partial charge in [-0.25, -0.2) is 0 Å². The molecule has 5 fully saturated rings. The van der Waals surface area contributed by atoms with Crippen LogP contribution < -0.4 is 11.1 Å². The summed E-state index contributed by atoms with van der Waals surface area (Å²) >= 11 is 0. The van der Waals surface area contributed by atoms with Gasteiger partial charge in [0.15, 0.2) is 0 Å². The first-order valence-corrected chi connectivity index (χ1v) is 10.3. The summed E-state index contributed by atoms with van der Waals surface area (Å²) in [7, 11) is 0. The smallest absolute Gasteiger partial charge is 0.220 e. The summed E-state index contributed by atoms with van der Waals surface area (Å²) in [5.41, 5.74) is 7.01. The van der Waals surface area contributed by atoms with E-state index in [9.17, 15) is 4.79 Å². The van der Waals surface area contributed by atoms with E-state index in [0.29, 0.717) is 23.2 Å². The minimum absolute atomic E-state index is 0.222. The highest BCUT2D eigenvalue weighted by Crippen LogP contribution is 2.61. The van der Waals surface area contributed by atoms with Gasteiger partial charge in [0.1, 0.15) is 0 Å². The SMILES string of the molecule is C[C@@H]1CC(C)(C)[C@H](CNC(=O)CC23CC4CC(CC(C4)C2)C3)[C@@H]1N. The third-order valence-corrected chi connectivity index (χ3v) is 8.19. The van der Waals surface area contributed by atoms with Gasteiger partial charge in [-0.2, -0.15) is 0 Å². The highest BCUT2D eigenvalue weighted by atomic mass is 16.1. The van der Waals surface area contributed by atoms with Gasteiger partial charge in [0, 0.05) is 19.0 Å². The topological polar surface area (TPSA) is 55.1 Å². The fourth-order valence-corrected chi connectivity index (χ4v) is 7.58. The summed E-state index contributed by atoms with van der Waals surface area (Å²) in [5.74, 6) is 4.03. The van der Waals surface area contributed by atoms with Crippen LogP contribution in [0.1, 0.15) is 72.1 Å². The van der Waals surface area contributed by atoms with Gasteiger partial charge in [-0.15, -0.1) is 0 Å². The molecule has 3 atom stereocenters. The van der Waals surface area contributed by atoms with Crippen LogP contribution in [0.15, 0.2) is 0 Å². The third-order valence-electron chi connectivity index (χ3n) is 8.19. The molecule has 3 heteroatoms. The summed E-state index contributed by atoms with van der Waals surface area (Å²) in [6, 6.07) is 0.222. The average Bonchev–Trinajstić information content (AvgIpc) is 2.63. The van der Waals surface area contributed by atoms with Crippen molar-refractivity contribution in [2.75, 3.05) is 6.54 Å². The summed E-state index contributed by atoms with van der Waals surface area (Å²) in [6.07, 6.45) is 10.2. The Morgan fingerprint density at radius 1 is 1.04 bits per heavy atom. The normalized spacial score (nSPS) is 48.7. The van der Waals surface area contributed by atoms with Gasteiger partial charge in [-0.1, -0.05) is 20.8 Å². The van der Waals surface area contributed by atoms with Crippen molar-refractivity contribution in [2.45, 2.75) is 78.2 Å². The Morgan fingerprint density at radius 3 is 2.04 bits per heavy atom. The molecular formula is C21H36N2O. The van der Waals surface area contributed by atoms with Gasteiger partial charge in [0.25, 0.3) is 0 Å². The van der Waals surface area contributed by atoms with E-state index in [4.69, 9.17) is 5.73 Å². The van der Waals surface area contributed by atoms with Crippen LogP contribution in [0.3, 0.4) is 0 Å². The Bertz CT molecular complexity index is 477. The van der Waals surface area contributed by atoms with E-state index in [0.717, 1.165) is 30.7 Å². The molecule has 0 heterocycles. The van der Waals surface area contributed by atoms with Crippen molar-refractivity contribution in [1.82, 2.24) is 5.32 Å². The van der Waals surface area contributed by atoms with E-state index in [-0.39, 0.29) is 11.5 Å². The molecular weight excluding hydrogens is 296 g/mol. The monoisotopic (exact) mass is 332 g/mol. The van der Waals surface area contributed by atoms with Crippen molar-refractivity contribution in [1.29, 1.82) is 0 Å². The maximum Gasteiger partial charge on any atom is 0.220 e. The Hall–Kier alpha value is -0.570. The van der Waals surface area contributed by atoms with E-state index in [1.807, 2.05) is 0 Å². The zero-order valence-electron chi connectivity index (χ0n) is 15.8. The van der Waals surface area contributed by atoms with Crippen molar-refractivity contribution in [2.24, 2.45) is 46.2 Å². The number of hydrogen-bond acceptors (Lipinski definition) is 2. The molecule has 5 aliphatic carbocycles. The Labute approximate surface area is 147 Å². The lowest BCUT2D eigenvalue weighted by Crippen LogP contribution is -2.49. The lowest BCUT2D eigenvalue weighted by Gasteiger charge is -2.56. The van der Waals surface area contributed by atoms with Crippen LogP contribution >= 0.6 is 0 Å². The average molecular weight is 333 g/mol. The fraction of sp³-hybridized carbons (Fsp3) is 0.952. The van der Waals surface area contributed by atoms with Crippen molar-refractivity contribution >= 4 is 5.91 Å². The molecule has 0 aromatic heterocycles. The Kier molecular flexibility index (Phi) is 4.02. The van der Waals surface area contributed by atoms with Gasteiger partial charge in [0.2, 0.25) is 5.91 Å². The number of amides is 1. The molecule has 136 valence electrons. The molecule has 5 rings (SSSR count). The summed E-state index contributed by atoms with van der Waals surface area (Å²) < 4.78 is 0. The van der Waals surface area contributed by atoms with Crippen molar-refractivity contribution in [3.8, 4) is 0 Å². The standard InChI is InChI=1S/C21H36N2O/c1-13-7-20(2,3)17(19(13)22)12-23-18(24)11-21-8-14-4-15(9-21)6-16(5-14)10-21/h13-17,19H,4-12,22H2,1-3H3,(H,23,24)/t13-,14?,15?,16?,17-,19-,21?/m1/s1. The van der Waals surface area contributed by atoms with E-state index in [2.05, 4.69) is 26.1 Å². The van der Waals surface area contributed by atoms with Gasteiger partial charge in [-0.3, -0.25) is 4.79 Å². The molecule has 5 saturated carbocycles. The number of carbonyl (C=O) groups excluding carboxylic acids is 1. The molecule has 0 radical (unpaired) electrons. The van der Waals surface area contributed by atoms with Crippen LogP contribution in [0.5, 0.6) is 0 Å². The van der Waals surface area contributed by atoms with Crippen molar-refractivity contribution in [3.05, 3.63) is 0 Å². The number of hydrogen-bond donors (Lipinski definition) is 2. The number of nitrogens with two attached hydrogens (primary N) is 1. The van der Waals surface area contributed by atoms with Gasteiger partial charge in [-0.05, 0) is 85.4 Å². The van der Waals surface area contributed by atoms with E-state index < -0.39 is 0 Å². The van der Waals surface area contributed by atoms with Crippen molar-refractivity contribution in [3.63, 3.8) is 0 Å². The van der Waals surface area contributed by atoms with Crippen LogP contribution in [0.2, 0.25) is 0 Å². The fourth-order valence-electron chi connectivity index (χ4n) is 7.58. The molecule has 0 saturated heterocycles. The first-order chi connectivity index (χ1) is 11.3. The molecule has 0 unspecified atom stereocenters. The molecule has 24 heavy (non-hydrogen) atoms. The zero-order chi connectivity index (χ0) is 17.1. The minimum atomic E-state index is 0.222. The van der Waals surface area contributed by atoms with Crippen LogP contribution in [0.25, 0.3) is 0 Å². The second-order valence-electron chi connectivity index (χ2n) is 10.8. The molecule has 3 N–H and O–H groups in total. The van der Waals surface area contributed by atoms with Crippen molar-refractivity contribution < 1.29 is 4.79 Å². The lowest BCUT2D eigenvalue weighted by atomic mass is 9.49. The lowest BCUT2D eigenvalue weighted by molar-refractivity contribution is -0.129. The quantitative estimate of drug-likeness (QED) is 0.824. The highest BCUT2D eigenvalue weighted by molar-refractivity contribution is 5.76. The summed E-state index contributed by atoms with van der Waals surface area (Å²) in [5, 5.41) is 3.29. The zero-order valence-corrected chi connectivity index (χ0v) is 15.8. The Morgan fingerprint density at radius 2 is 1.58 bits per heavy atom. The molecule has 4 bridgehead atoms. The van der Waals surface area contributed by atoms with E-state index >= 15 is 0 Å². The maximum atomic E-state index is 12.7. The molecule has 0 aromatic rings.